The van der Waals surface area contributed by atoms with Gasteiger partial charge in [-0.2, -0.15) is 0 Å². The lowest BCUT2D eigenvalue weighted by molar-refractivity contribution is -0.158. The van der Waals surface area contributed by atoms with Gasteiger partial charge in [-0.3, -0.25) is 4.79 Å². The van der Waals surface area contributed by atoms with Crippen molar-refractivity contribution in [2.24, 2.45) is 5.92 Å². The summed E-state index contributed by atoms with van der Waals surface area (Å²) in [5, 5.41) is 0. The lowest BCUT2D eigenvalue weighted by Crippen LogP contribution is -2.34. The molecule has 1 aromatic carbocycles. The van der Waals surface area contributed by atoms with Crippen LogP contribution in [0, 0.1) is 5.92 Å². The third kappa shape index (κ3) is 4.97. The minimum atomic E-state index is -0.385. The van der Waals surface area contributed by atoms with Crippen LogP contribution in [0.15, 0.2) is 30.3 Å². The fraction of sp³-hybridized carbons (Fsp3) is 0.588. The van der Waals surface area contributed by atoms with E-state index in [1.165, 1.54) is 5.56 Å². The molecular weight excluding hydrogens is 252 g/mol. The van der Waals surface area contributed by atoms with Crippen LogP contribution in [0.5, 0.6) is 0 Å². The fourth-order valence-corrected chi connectivity index (χ4v) is 2.38. The average molecular weight is 276 g/mol. The molecule has 1 aliphatic carbocycles. The van der Waals surface area contributed by atoms with Gasteiger partial charge < -0.3 is 9.47 Å². The van der Waals surface area contributed by atoms with Crippen LogP contribution in [0.25, 0.3) is 0 Å². The predicted molar refractivity (Wildman–Crippen MR) is 78.2 cm³/mol. The summed E-state index contributed by atoms with van der Waals surface area (Å²) in [6, 6.07) is 10.2. The van der Waals surface area contributed by atoms with E-state index in [4.69, 9.17) is 9.47 Å². The van der Waals surface area contributed by atoms with Crippen LogP contribution in [0.3, 0.4) is 0 Å². The zero-order chi connectivity index (χ0) is 14.6. The molecule has 0 heterocycles. The molecule has 3 nitrogen and oxygen atoms in total. The average Bonchev–Trinajstić information content (AvgIpc) is 2.31. The van der Waals surface area contributed by atoms with E-state index in [1.54, 1.807) is 0 Å². The van der Waals surface area contributed by atoms with Gasteiger partial charge >= 0.3 is 5.97 Å². The van der Waals surface area contributed by atoms with Crippen molar-refractivity contribution in [3.63, 3.8) is 0 Å². The topological polar surface area (TPSA) is 35.5 Å². The van der Waals surface area contributed by atoms with Gasteiger partial charge in [0.05, 0.1) is 12.7 Å². The van der Waals surface area contributed by atoms with Crippen LogP contribution >= 0.6 is 0 Å². The maximum absolute atomic E-state index is 11.7. The molecule has 0 atom stereocenters. The van der Waals surface area contributed by atoms with E-state index >= 15 is 0 Å². The molecular formula is C17H24O3. The molecule has 0 saturated heterocycles. The van der Waals surface area contributed by atoms with Crippen molar-refractivity contribution < 1.29 is 14.3 Å². The van der Waals surface area contributed by atoms with Crippen LogP contribution in [-0.4, -0.2) is 17.7 Å². The van der Waals surface area contributed by atoms with E-state index in [0.717, 1.165) is 12.8 Å². The Hall–Kier alpha value is -1.35. The highest BCUT2D eigenvalue weighted by atomic mass is 16.6. The third-order valence-corrected chi connectivity index (χ3v) is 3.40. The molecule has 0 bridgehead atoms. The molecule has 2 rings (SSSR count). The molecule has 3 heteroatoms. The number of carbonyl (C=O) groups excluding carboxylic acids is 1. The van der Waals surface area contributed by atoms with Gasteiger partial charge in [0.2, 0.25) is 0 Å². The lowest BCUT2D eigenvalue weighted by atomic mass is 9.80. The second-order valence-electron chi connectivity index (χ2n) is 6.55. The maximum Gasteiger partial charge on any atom is 0.306 e. The molecule has 0 N–H and O–H groups in total. The van der Waals surface area contributed by atoms with Crippen LogP contribution in [0.4, 0.5) is 0 Å². The smallest absolute Gasteiger partial charge is 0.306 e. The number of carbonyl (C=O) groups is 1. The maximum atomic E-state index is 11.7. The first-order chi connectivity index (χ1) is 9.42. The zero-order valence-corrected chi connectivity index (χ0v) is 12.6. The SMILES string of the molecule is CC(C)(C)OC(=O)CC1CC(OCc2ccccc2)C1. The Morgan fingerprint density at radius 3 is 2.45 bits per heavy atom. The first kappa shape index (κ1) is 15.0. The quantitative estimate of drug-likeness (QED) is 0.769. The van der Waals surface area contributed by atoms with E-state index in [0.29, 0.717) is 25.0 Å². The fourth-order valence-electron chi connectivity index (χ4n) is 2.38. The summed E-state index contributed by atoms with van der Waals surface area (Å²) in [6.07, 6.45) is 2.74. The highest BCUT2D eigenvalue weighted by Gasteiger charge is 2.32. The minimum Gasteiger partial charge on any atom is -0.460 e. The molecule has 0 unspecified atom stereocenters. The second kappa shape index (κ2) is 6.40. The molecule has 1 saturated carbocycles. The zero-order valence-electron chi connectivity index (χ0n) is 12.6. The molecule has 0 spiro atoms. The summed E-state index contributed by atoms with van der Waals surface area (Å²) in [7, 11) is 0. The summed E-state index contributed by atoms with van der Waals surface area (Å²) in [5.41, 5.74) is 0.812. The van der Waals surface area contributed by atoms with Gasteiger partial charge in [-0.15, -0.1) is 0 Å². The van der Waals surface area contributed by atoms with Crippen molar-refractivity contribution in [2.75, 3.05) is 0 Å². The van der Waals surface area contributed by atoms with Crippen LogP contribution in [0.2, 0.25) is 0 Å². The largest absolute Gasteiger partial charge is 0.460 e. The van der Waals surface area contributed by atoms with Gasteiger partial charge in [-0.1, -0.05) is 30.3 Å². The van der Waals surface area contributed by atoms with E-state index in [-0.39, 0.29) is 11.6 Å². The molecule has 110 valence electrons. The summed E-state index contributed by atoms with van der Waals surface area (Å²) in [6.45, 7) is 6.36. The number of ether oxygens (including phenoxy) is 2. The first-order valence-electron chi connectivity index (χ1n) is 7.30. The molecule has 0 amide bonds. The standard InChI is InChI=1S/C17H24O3/c1-17(2,3)20-16(18)11-14-9-15(10-14)19-12-13-7-5-4-6-8-13/h4-8,14-15H,9-12H2,1-3H3. The monoisotopic (exact) mass is 276 g/mol. The van der Waals surface area contributed by atoms with Crippen molar-refractivity contribution in [1.29, 1.82) is 0 Å². The van der Waals surface area contributed by atoms with Crippen LogP contribution < -0.4 is 0 Å². The third-order valence-electron chi connectivity index (χ3n) is 3.40. The lowest BCUT2D eigenvalue weighted by Gasteiger charge is -2.35. The first-order valence-corrected chi connectivity index (χ1v) is 7.30. The number of esters is 1. The van der Waals surface area contributed by atoms with Crippen molar-refractivity contribution in [3.8, 4) is 0 Å². The normalized spacial score (nSPS) is 22.1. The number of hydrogen-bond donors (Lipinski definition) is 0. The number of hydrogen-bond acceptors (Lipinski definition) is 3. The molecule has 20 heavy (non-hydrogen) atoms. The Kier molecular flexibility index (Phi) is 4.81. The highest BCUT2D eigenvalue weighted by Crippen LogP contribution is 2.33. The van der Waals surface area contributed by atoms with Gasteiger partial charge in [-0.25, -0.2) is 0 Å². The number of benzene rings is 1. The minimum absolute atomic E-state index is 0.0935. The number of rotatable bonds is 5. The molecule has 1 fully saturated rings. The Balaban J connectivity index is 1.62. The Morgan fingerprint density at radius 1 is 1.20 bits per heavy atom. The summed E-state index contributed by atoms with van der Waals surface area (Å²) < 4.78 is 11.2. The molecule has 0 aliphatic heterocycles. The van der Waals surface area contributed by atoms with E-state index in [9.17, 15) is 4.79 Å². The Bertz CT molecular complexity index is 427. The van der Waals surface area contributed by atoms with Crippen molar-refractivity contribution in [2.45, 2.75) is 58.3 Å². The van der Waals surface area contributed by atoms with Crippen molar-refractivity contribution in [3.05, 3.63) is 35.9 Å². The van der Waals surface area contributed by atoms with Gasteiger partial charge in [0.1, 0.15) is 5.60 Å². The second-order valence-corrected chi connectivity index (χ2v) is 6.55. The van der Waals surface area contributed by atoms with Crippen LogP contribution in [0.1, 0.15) is 45.6 Å². The predicted octanol–water partition coefficient (Wildman–Crippen LogP) is 3.71. The summed E-state index contributed by atoms with van der Waals surface area (Å²) >= 11 is 0. The summed E-state index contributed by atoms with van der Waals surface area (Å²) in [5.74, 6) is 0.328. The van der Waals surface area contributed by atoms with Gasteiger partial charge in [0, 0.05) is 6.42 Å². The molecule has 1 aromatic rings. The van der Waals surface area contributed by atoms with E-state index in [1.807, 2.05) is 39.0 Å². The van der Waals surface area contributed by atoms with E-state index in [2.05, 4.69) is 12.1 Å². The van der Waals surface area contributed by atoms with Gasteiger partial charge in [-0.05, 0) is 45.1 Å². The van der Waals surface area contributed by atoms with Gasteiger partial charge in [0.25, 0.3) is 0 Å². The summed E-state index contributed by atoms with van der Waals surface area (Å²) in [4.78, 5) is 11.7. The highest BCUT2D eigenvalue weighted by molar-refractivity contribution is 5.70. The van der Waals surface area contributed by atoms with Gasteiger partial charge in [0.15, 0.2) is 0 Å². The van der Waals surface area contributed by atoms with Crippen molar-refractivity contribution >= 4 is 5.97 Å². The van der Waals surface area contributed by atoms with Crippen LogP contribution in [-0.2, 0) is 20.9 Å². The van der Waals surface area contributed by atoms with Crippen molar-refractivity contribution in [1.82, 2.24) is 0 Å². The van der Waals surface area contributed by atoms with E-state index < -0.39 is 0 Å². The molecule has 1 aliphatic rings. The molecule has 0 radical (unpaired) electrons. The Labute approximate surface area is 121 Å². The molecule has 0 aromatic heterocycles. The Morgan fingerprint density at radius 2 is 1.85 bits per heavy atom.